The number of benzene rings is 1. The fraction of sp³-hybridized carbons (Fsp3) is 0.462. The first-order valence-corrected chi connectivity index (χ1v) is 5.65. The number of hydrogen-bond acceptors (Lipinski definition) is 3. The van der Waals surface area contributed by atoms with Gasteiger partial charge in [-0.1, -0.05) is 6.07 Å². The molecule has 92 valence electrons. The van der Waals surface area contributed by atoms with Crippen LogP contribution in [0.15, 0.2) is 18.2 Å². The van der Waals surface area contributed by atoms with Crippen LogP contribution in [-0.4, -0.2) is 13.7 Å². The van der Waals surface area contributed by atoms with Crippen molar-refractivity contribution in [2.24, 2.45) is 0 Å². The molecule has 0 amide bonds. The molecular weight excluding hydrogens is 219 g/mol. The second-order valence-corrected chi connectivity index (χ2v) is 3.80. The third-order valence-electron chi connectivity index (χ3n) is 2.57. The van der Waals surface area contributed by atoms with E-state index in [2.05, 4.69) is 5.32 Å². The lowest BCUT2D eigenvalue weighted by molar-refractivity contribution is 0.310. The topological polar surface area (TPSA) is 45.0 Å². The summed E-state index contributed by atoms with van der Waals surface area (Å²) in [5.74, 6) is 0.233. The van der Waals surface area contributed by atoms with Gasteiger partial charge in [-0.15, -0.1) is 0 Å². The Morgan fingerprint density at radius 3 is 2.88 bits per heavy atom. The smallest absolute Gasteiger partial charge is 0.131 e. The van der Waals surface area contributed by atoms with Crippen molar-refractivity contribution in [1.82, 2.24) is 5.32 Å². The van der Waals surface area contributed by atoms with E-state index < -0.39 is 0 Å². The summed E-state index contributed by atoms with van der Waals surface area (Å²) in [4.78, 5) is 0. The number of halogens is 1. The van der Waals surface area contributed by atoms with Crippen LogP contribution in [0.25, 0.3) is 0 Å². The Bertz CT molecular complexity index is 401. The lowest BCUT2D eigenvalue weighted by Gasteiger charge is -2.13. The lowest BCUT2D eigenvalue weighted by Crippen LogP contribution is -2.13. The molecule has 1 rings (SSSR count). The predicted octanol–water partition coefficient (Wildman–Crippen LogP) is 2.79. The number of hydrogen-bond donors (Lipinski definition) is 1. The van der Waals surface area contributed by atoms with Gasteiger partial charge in [0.1, 0.15) is 11.6 Å². The third kappa shape index (κ3) is 4.04. The van der Waals surface area contributed by atoms with Gasteiger partial charge in [0.05, 0.1) is 12.7 Å². The van der Waals surface area contributed by atoms with Crippen LogP contribution in [0.3, 0.4) is 0 Å². The van der Waals surface area contributed by atoms with Gasteiger partial charge in [0.25, 0.3) is 0 Å². The summed E-state index contributed by atoms with van der Waals surface area (Å²) in [5, 5.41) is 11.3. The third-order valence-corrected chi connectivity index (χ3v) is 2.57. The van der Waals surface area contributed by atoms with E-state index in [-0.39, 0.29) is 11.9 Å². The highest BCUT2D eigenvalue weighted by Gasteiger charge is 2.09. The van der Waals surface area contributed by atoms with Crippen molar-refractivity contribution in [2.75, 3.05) is 13.7 Å². The molecule has 17 heavy (non-hydrogen) atoms. The Kier molecular flexibility index (Phi) is 5.44. The summed E-state index contributed by atoms with van der Waals surface area (Å²) in [6.45, 7) is 2.33. The number of nitriles is 1. The average Bonchev–Trinajstić information content (AvgIpc) is 2.34. The monoisotopic (exact) mass is 236 g/mol. The van der Waals surface area contributed by atoms with Gasteiger partial charge in [-0.2, -0.15) is 5.26 Å². The quantitative estimate of drug-likeness (QED) is 0.772. The molecule has 3 nitrogen and oxygen atoms in total. The van der Waals surface area contributed by atoms with Crippen LogP contribution < -0.4 is 10.1 Å². The Hall–Kier alpha value is -1.60. The Morgan fingerprint density at radius 1 is 1.53 bits per heavy atom. The van der Waals surface area contributed by atoms with Gasteiger partial charge in [0, 0.05) is 24.1 Å². The molecule has 0 aromatic heterocycles. The summed E-state index contributed by atoms with van der Waals surface area (Å²) in [7, 11) is 1.79. The van der Waals surface area contributed by atoms with Crippen LogP contribution >= 0.6 is 0 Å². The van der Waals surface area contributed by atoms with Crippen molar-refractivity contribution < 1.29 is 9.13 Å². The average molecular weight is 236 g/mol. The van der Waals surface area contributed by atoms with Crippen molar-refractivity contribution in [3.8, 4) is 11.8 Å². The van der Waals surface area contributed by atoms with Crippen molar-refractivity contribution in [1.29, 1.82) is 5.26 Å². The molecule has 0 bridgehead atoms. The second-order valence-electron chi connectivity index (χ2n) is 3.80. The molecule has 1 unspecified atom stereocenters. The molecule has 0 heterocycles. The Balaban J connectivity index is 2.60. The molecule has 1 aromatic rings. The fourth-order valence-corrected chi connectivity index (χ4v) is 1.45. The number of nitrogens with zero attached hydrogens (tertiary/aromatic N) is 1. The van der Waals surface area contributed by atoms with Crippen LogP contribution in [0.2, 0.25) is 0 Å². The van der Waals surface area contributed by atoms with Crippen molar-refractivity contribution >= 4 is 0 Å². The summed E-state index contributed by atoms with van der Waals surface area (Å²) < 4.78 is 19.0. The molecule has 1 N–H and O–H groups in total. The van der Waals surface area contributed by atoms with E-state index >= 15 is 0 Å². The minimum absolute atomic E-state index is 0.0253. The second kappa shape index (κ2) is 6.87. The molecule has 0 aliphatic heterocycles. The van der Waals surface area contributed by atoms with Gasteiger partial charge in [-0.25, -0.2) is 4.39 Å². The maximum Gasteiger partial charge on any atom is 0.131 e. The molecule has 0 spiro atoms. The minimum atomic E-state index is -0.273. The largest absolute Gasteiger partial charge is 0.493 e. The zero-order valence-electron chi connectivity index (χ0n) is 10.2. The minimum Gasteiger partial charge on any atom is -0.493 e. The van der Waals surface area contributed by atoms with Crippen LogP contribution in [-0.2, 0) is 0 Å². The summed E-state index contributed by atoms with van der Waals surface area (Å²) >= 11 is 0. The van der Waals surface area contributed by atoms with Crippen molar-refractivity contribution in [3.63, 3.8) is 0 Å². The standard InChI is InChI=1S/C13H17FN2O/c1-10(16-2)12-6-5-11(9-13(12)14)17-8-4-3-7-15/h5-6,9-10,16H,3-4,8H2,1-2H3. The lowest BCUT2D eigenvalue weighted by atomic mass is 10.1. The zero-order chi connectivity index (χ0) is 12.7. The maximum atomic E-state index is 13.7. The highest BCUT2D eigenvalue weighted by molar-refractivity contribution is 5.30. The van der Waals surface area contributed by atoms with Crippen molar-refractivity contribution in [2.45, 2.75) is 25.8 Å². The fourth-order valence-electron chi connectivity index (χ4n) is 1.45. The molecule has 1 aromatic carbocycles. The first kappa shape index (κ1) is 13.5. The molecule has 4 heteroatoms. The van der Waals surface area contributed by atoms with Gasteiger partial charge < -0.3 is 10.1 Å². The maximum absolute atomic E-state index is 13.7. The van der Waals surface area contributed by atoms with E-state index in [1.165, 1.54) is 6.07 Å². The van der Waals surface area contributed by atoms with E-state index in [1.54, 1.807) is 19.2 Å². The highest BCUT2D eigenvalue weighted by Crippen LogP contribution is 2.21. The van der Waals surface area contributed by atoms with E-state index in [0.717, 1.165) is 0 Å². The zero-order valence-corrected chi connectivity index (χ0v) is 10.2. The molecule has 0 radical (unpaired) electrons. The van der Waals surface area contributed by atoms with Crippen LogP contribution in [0.1, 0.15) is 31.4 Å². The first-order chi connectivity index (χ1) is 8.19. The Labute approximate surface area is 101 Å². The molecule has 0 aliphatic carbocycles. The highest BCUT2D eigenvalue weighted by atomic mass is 19.1. The Morgan fingerprint density at radius 2 is 2.29 bits per heavy atom. The predicted molar refractivity (Wildman–Crippen MR) is 64.2 cm³/mol. The first-order valence-electron chi connectivity index (χ1n) is 5.65. The van der Waals surface area contributed by atoms with Crippen LogP contribution in [0.5, 0.6) is 5.75 Å². The summed E-state index contributed by atoms with van der Waals surface area (Å²) in [6, 6.07) is 6.86. The van der Waals surface area contributed by atoms with Gasteiger partial charge in [-0.05, 0) is 26.5 Å². The summed E-state index contributed by atoms with van der Waals surface area (Å²) in [6.07, 6.45) is 1.12. The molecule has 1 atom stereocenters. The molecule has 0 saturated carbocycles. The van der Waals surface area contributed by atoms with Gasteiger partial charge >= 0.3 is 0 Å². The molecule has 0 saturated heterocycles. The van der Waals surface area contributed by atoms with Gasteiger partial charge in [-0.3, -0.25) is 0 Å². The number of ether oxygens (including phenoxy) is 1. The van der Waals surface area contributed by atoms with E-state index in [1.807, 2.05) is 13.0 Å². The van der Waals surface area contributed by atoms with Crippen molar-refractivity contribution in [3.05, 3.63) is 29.6 Å². The SMILES string of the molecule is CNC(C)c1ccc(OCCCC#N)cc1F. The number of unbranched alkanes of at least 4 members (excludes halogenated alkanes) is 1. The van der Waals surface area contributed by atoms with Crippen LogP contribution in [0, 0.1) is 17.1 Å². The number of nitrogens with one attached hydrogen (secondary N) is 1. The number of rotatable bonds is 6. The van der Waals surface area contributed by atoms with Gasteiger partial charge in [0.2, 0.25) is 0 Å². The van der Waals surface area contributed by atoms with E-state index in [4.69, 9.17) is 10.00 Å². The van der Waals surface area contributed by atoms with E-state index in [0.29, 0.717) is 30.8 Å². The van der Waals surface area contributed by atoms with Gasteiger partial charge in [0.15, 0.2) is 0 Å². The molecule has 0 aliphatic rings. The molecular formula is C13H17FN2O. The van der Waals surface area contributed by atoms with E-state index in [9.17, 15) is 4.39 Å². The summed E-state index contributed by atoms with van der Waals surface area (Å²) in [5.41, 5.74) is 0.622. The normalized spacial score (nSPS) is 11.9. The molecule has 0 fully saturated rings. The van der Waals surface area contributed by atoms with Crippen LogP contribution in [0.4, 0.5) is 4.39 Å².